The predicted octanol–water partition coefficient (Wildman–Crippen LogP) is 4.93. The Hall–Kier alpha value is -3.19. The van der Waals surface area contributed by atoms with Crippen molar-refractivity contribution in [2.24, 2.45) is 0 Å². The highest BCUT2D eigenvalue weighted by molar-refractivity contribution is 5.94. The van der Waals surface area contributed by atoms with Crippen LogP contribution in [0.15, 0.2) is 28.8 Å². The van der Waals surface area contributed by atoms with Gasteiger partial charge in [0, 0.05) is 56.8 Å². The fourth-order valence-corrected chi connectivity index (χ4v) is 4.71. The van der Waals surface area contributed by atoms with Crippen molar-refractivity contribution in [2.75, 3.05) is 57.4 Å². The smallest absolute Gasteiger partial charge is 0.419 e. The second kappa shape index (κ2) is 12.1. The molecule has 2 fully saturated rings. The van der Waals surface area contributed by atoms with Gasteiger partial charge in [0.05, 0.1) is 24.5 Å². The van der Waals surface area contributed by atoms with Crippen molar-refractivity contribution in [1.29, 1.82) is 0 Å². The molecule has 0 unspecified atom stereocenters. The van der Waals surface area contributed by atoms with Crippen LogP contribution in [0.5, 0.6) is 0 Å². The number of rotatable bonds is 6. The van der Waals surface area contributed by atoms with E-state index in [-0.39, 0.29) is 17.4 Å². The quantitative estimate of drug-likeness (QED) is 0.456. The summed E-state index contributed by atoms with van der Waals surface area (Å²) in [7, 11) is 0. The summed E-state index contributed by atoms with van der Waals surface area (Å²) in [5, 5.41) is 4.19. The molecule has 3 heterocycles. The van der Waals surface area contributed by atoms with Crippen LogP contribution >= 0.6 is 0 Å². The number of piperidine rings is 1. The molecule has 1 aromatic carbocycles. The van der Waals surface area contributed by atoms with E-state index in [1.807, 2.05) is 0 Å². The summed E-state index contributed by atoms with van der Waals surface area (Å²) in [5.41, 5.74) is -1.62. The fourth-order valence-electron chi connectivity index (χ4n) is 4.71. The summed E-state index contributed by atoms with van der Waals surface area (Å²) in [6.45, 7) is 9.69. The maximum Gasteiger partial charge on any atom is 0.419 e. The van der Waals surface area contributed by atoms with Gasteiger partial charge in [-0.1, -0.05) is 5.16 Å². The average molecular weight is 571 g/mol. The van der Waals surface area contributed by atoms with Gasteiger partial charge in [0.2, 0.25) is 5.88 Å². The third-order valence-corrected chi connectivity index (χ3v) is 6.86. The van der Waals surface area contributed by atoms with Crippen molar-refractivity contribution in [1.82, 2.24) is 15.0 Å². The molecule has 0 bridgehead atoms. The minimum Gasteiger partial charge on any atom is -0.443 e. The number of hydrogen-bond donors (Lipinski definition) is 0. The number of morpholine rings is 1. The number of aromatic nitrogens is 1. The molecule has 2 aliphatic heterocycles. The Morgan fingerprint density at radius 1 is 1.07 bits per heavy atom. The SMILES string of the molecule is CC(C)(C)OC(=O)N(CCN1CCOCC1)c1cc(C2CCN(C(=O)c3ccc(C(F)(F)F)c(F)c3)CC2)no1. The lowest BCUT2D eigenvalue weighted by molar-refractivity contribution is -0.140. The Kier molecular flexibility index (Phi) is 9.03. The maximum absolute atomic E-state index is 14.0. The maximum atomic E-state index is 14.0. The van der Waals surface area contributed by atoms with Crippen LogP contribution in [-0.2, 0) is 15.7 Å². The van der Waals surface area contributed by atoms with Gasteiger partial charge in [0.25, 0.3) is 5.91 Å². The van der Waals surface area contributed by atoms with E-state index in [9.17, 15) is 27.2 Å². The molecule has 4 rings (SSSR count). The minimum absolute atomic E-state index is 0.0642. The van der Waals surface area contributed by atoms with Crippen LogP contribution in [0.3, 0.4) is 0 Å². The van der Waals surface area contributed by atoms with Gasteiger partial charge >= 0.3 is 12.3 Å². The highest BCUT2D eigenvalue weighted by Crippen LogP contribution is 2.33. The largest absolute Gasteiger partial charge is 0.443 e. The zero-order valence-electron chi connectivity index (χ0n) is 22.8. The summed E-state index contributed by atoms with van der Waals surface area (Å²) >= 11 is 0. The lowest BCUT2D eigenvalue weighted by Crippen LogP contribution is -2.44. The van der Waals surface area contributed by atoms with Gasteiger partial charge in [-0.15, -0.1) is 0 Å². The molecule has 0 atom stereocenters. The molecule has 13 heteroatoms. The standard InChI is InChI=1S/C27H34F4N4O5/c1-26(2,3)39-25(37)35(11-10-33-12-14-38-15-13-33)23-17-22(32-40-23)18-6-8-34(9-7-18)24(36)19-4-5-20(21(28)16-19)27(29,30)31/h4-5,16-18H,6-15H2,1-3H3. The van der Waals surface area contributed by atoms with Crippen LogP contribution in [0.25, 0.3) is 0 Å². The molecule has 2 amide bonds. The van der Waals surface area contributed by atoms with Gasteiger partial charge in [0.15, 0.2) is 0 Å². The Morgan fingerprint density at radius 3 is 2.35 bits per heavy atom. The number of amides is 2. The van der Waals surface area contributed by atoms with Gasteiger partial charge in [-0.25, -0.2) is 14.1 Å². The molecule has 9 nitrogen and oxygen atoms in total. The van der Waals surface area contributed by atoms with Gasteiger partial charge < -0.3 is 18.9 Å². The van der Waals surface area contributed by atoms with Crippen LogP contribution in [0.2, 0.25) is 0 Å². The van der Waals surface area contributed by atoms with Crippen LogP contribution in [-0.4, -0.2) is 85.0 Å². The zero-order valence-corrected chi connectivity index (χ0v) is 22.8. The molecule has 0 aliphatic carbocycles. The zero-order chi connectivity index (χ0) is 29.1. The molecule has 0 spiro atoms. The molecule has 2 aromatic rings. The normalized spacial score (nSPS) is 17.6. The molecule has 0 radical (unpaired) electrons. The Labute approximate surface area is 230 Å². The Balaban J connectivity index is 1.39. The van der Waals surface area contributed by atoms with Crippen molar-refractivity contribution in [3.63, 3.8) is 0 Å². The van der Waals surface area contributed by atoms with E-state index in [1.165, 1.54) is 9.80 Å². The molecule has 1 aromatic heterocycles. The molecule has 2 aliphatic rings. The number of alkyl halides is 3. The number of carbonyl (C=O) groups excluding carboxylic acids is 2. The third kappa shape index (κ3) is 7.51. The molecular formula is C27H34F4N4O5. The summed E-state index contributed by atoms with van der Waals surface area (Å²) < 4.78 is 69.1. The summed E-state index contributed by atoms with van der Waals surface area (Å²) in [6.07, 6.45) is -4.35. The predicted molar refractivity (Wildman–Crippen MR) is 137 cm³/mol. The molecule has 0 N–H and O–H groups in total. The van der Waals surface area contributed by atoms with E-state index in [0.717, 1.165) is 19.2 Å². The number of hydrogen-bond acceptors (Lipinski definition) is 7. The summed E-state index contributed by atoms with van der Waals surface area (Å²) in [5.74, 6) is -1.82. The van der Waals surface area contributed by atoms with Crippen molar-refractivity contribution in [3.05, 3.63) is 46.9 Å². The topological polar surface area (TPSA) is 88.4 Å². The average Bonchev–Trinajstić information content (AvgIpc) is 3.37. The first-order chi connectivity index (χ1) is 18.8. The van der Waals surface area contributed by atoms with E-state index in [1.54, 1.807) is 26.8 Å². The van der Waals surface area contributed by atoms with Gasteiger partial charge in [0.1, 0.15) is 11.4 Å². The third-order valence-electron chi connectivity index (χ3n) is 6.86. The van der Waals surface area contributed by atoms with Gasteiger partial charge in [-0.2, -0.15) is 13.2 Å². The molecule has 40 heavy (non-hydrogen) atoms. The number of halogens is 4. The fraction of sp³-hybridized carbons (Fsp3) is 0.593. The lowest BCUT2D eigenvalue weighted by atomic mass is 9.93. The van der Waals surface area contributed by atoms with Crippen LogP contribution in [0, 0.1) is 5.82 Å². The highest BCUT2D eigenvalue weighted by Gasteiger charge is 2.35. The molecule has 220 valence electrons. The van der Waals surface area contributed by atoms with E-state index in [0.29, 0.717) is 70.1 Å². The van der Waals surface area contributed by atoms with Crippen molar-refractivity contribution >= 4 is 17.9 Å². The number of anilines is 1. The second-order valence-electron chi connectivity index (χ2n) is 10.9. The van der Waals surface area contributed by atoms with Crippen molar-refractivity contribution in [3.8, 4) is 0 Å². The first-order valence-corrected chi connectivity index (χ1v) is 13.2. The van der Waals surface area contributed by atoms with E-state index >= 15 is 0 Å². The number of carbonyl (C=O) groups is 2. The van der Waals surface area contributed by atoms with Crippen molar-refractivity contribution in [2.45, 2.75) is 51.3 Å². The number of ether oxygens (including phenoxy) is 2. The Morgan fingerprint density at radius 2 is 1.75 bits per heavy atom. The monoisotopic (exact) mass is 570 g/mol. The van der Waals surface area contributed by atoms with Crippen LogP contribution in [0.1, 0.15) is 61.1 Å². The number of benzene rings is 1. The summed E-state index contributed by atoms with van der Waals surface area (Å²) in [6, 6.07) is 3.91. The first-order valence-electron chi connectivity index (χ1n) is 13.2. The molecule has 0 saturated carbocycles. The Bertz CT molecular complexity index is 1180. The van der Waals surface area contributed by atoms with Gasteiger partial charge in [-0.3, -0.25) is 9.69 Å². The van der Waals surface area contributed by atoms with Crippen LogP contribution in [0.4, 0.5) is 28.2 Å². The summed E-state index contributed by atoms with van der Waals surface area (Å²) in [4.78, 5) is 30.9. The molecule has 2 saturated heterocycles. The van der Waals surface area contributed by atoms with E-state index in [4.69, 9.17) is 14.0 Å². The number of likely N-dealkylation sites (tertiary alicyclic amines) is 1. The van der Waals surface area contributed by atoms with Gasteiger partial charge in [-0.05, 0) is 51.8 Å². The second-order valence-corrected chi connectivity index (χ2v) is 10.9. The number of nitrogens with zero attached hydrogens (tertiary/aromatic N) is 4. The van der Waals surface area contributed by atoms with Crippen LogP contribution < -0.4 is 4.90 Å². The van der Waals surface area contributed by atoms with E-state index < -0.39 is 35.2 Å². The highest BCUT2D eigenvalue weighted by atomic mass is 19.4. The van der Waals surface area contributed by atoms with E-state index in [2.05, 4.69) is 10.1 Å². The first kappa shape index (κ1) is 29.8. The lowest BCUT2D eigenvalue weighted by Gasteiger charge is -2.31. The molecular weight excluding hydrogens is 536 g/mol. The van der Waals surface area contributed by atoms with Crippen molar-refractivity contribution < 1.29 is 41.1 Å². The minimum atomic E-state index is -4.83.